The van der Waals surface area contributed by atoms with Crippen molar-refractivity contribution in [2.24, 2.45) is 33.4 Å². The molecule has 0 heterocycles. The van der Waals surface area contributed by atoms with E-state index < -0.39 is 41.8 Å². The van der Waals surface area contributed by atoms with Crippen molar-refractivity contribution in [2.75, 3.05) is 0 Å². The first-order valence-electron chi connectivity index (χ1n) is 14.7. The summed E-state index contributed by atoms with van der Waals surface area (Å²) in [7, 11) is -10.6. The number of rotatable bonds is 5. The van der Waals surface area contributed by atoms with Crippen LogP contribution in [-0.4, -0.2) is 60.9 Å². The average molecular weight is 825 g/mol. The quantitative estimate of drug-likeness (QED) is 0.0803. The van der Waals surface area contributed by atoms with Crippen LogP contribution in [0.3, 0.4) is 0 Å². The minimum Gasteiger partial charge on any atom is -0.323 e. The number of nitrogens with zero attached hydrogens (tertiary/aromatic N) is 2. The lowest BCUT2D eigenvalue weighted by Crippen LogP contribution is -2.61. The zero-order valence-electron chi connectivity index (χ0n) is 26.1. The Bertz CT molecular complexity index is 2330. The minimum atomic E-state index is -5.28. The predicted molar refractivity (Wildman–Crippen MR) is 202 cm³/mol. The second-order valence-corrected chi connectivity index (χ2v) is 16.7. The van der Waals surface area contributed by atoms with Gasteiger partial charge in [-0.3, -0.25) is 19.9 Å². The fourth-order valence-corrected chi connectivity index (χ4v) is 11.8. The van der Waals surface area contributed by atoms with Crippen LogP contribution in [0.15, 0.2) is 83.0 Å². The van der Waals surface area contributed by atoms with Crippen LogP contribution in [0.2, 0.25) is 20.1 Å². The first-order valence-corrected chi connectivity index (χ1v) is 19.1. The third-order valence-electron chi connectivity index (χ3n) is 9.42. The fourth-order valence-electron chi connectivity index (χ4n) is 7.27. The van der Waals surface area contributed by atoms with Crippen molar-refractivity contribution >= 4 is 89.5 Å². The lowest BCUT2D eigenvalue weighted by Gasteiger charge is -2.43. The summed E-state index contributed by atoms with van der Waals surface area (Å²) in [6, 6.07) is 13.2. The minimum absolute atomic E-state index is 0.0459. The maximum atomic E-state index is 13.5. The molecule has 2 aliphatic rings. The monoisotopic (exact) mass is 822 g/mol. The van der Waals surface area contributed by atoms with Gasteiger partial charge in [-0.1, -0.05) is 94.9 Å². The summed E-state index contributed by atoms with van der Waals surface area (Å²) in [5, 5.41) is 23.1. The molecule has 12 N–H and O–H groups in total. The largest absolute Gasteiger partial charge is 0.323 e. The van der Waals surface area contributed by atoms with Crippen LogP contribution in [0.25, 0.3) is 11.1 Å². The smallest absolute Gasteiger partial charge is 0.281 e. The van der Waals surface area contributed by atoms with E-state index in [4.69, 9.17) is 80.4 Å². The molecule has 4 unspecified atom stereocenters. The van der Waals surface area contributed by atoms with Gasteiger partial charge in [-0.25, -0.2) is 0 Å². The molecule has 270 valence electrons. The fraction of sp³-hybridized carbons (Fsp3) is 0.125. The molecule has 20 heteroatoms. The molecule has 4 atom stereocenters. The molecule has 0 bridgehead atoms. The number of fused-ring (bicyclic) bond motifs is 2. The highest BCUT2D eigenvalue weighted by atomic mass is 35.5. The van der Waals surface area contributed by atoms with Gasteiger partial charge in [0, 0.05) is 42.3 Å². The van der Waals surface area contributed by atoms with E-state index in [9.17, 15) is 25.9 Å². The molecular weight excluding hydrogens is 798 g/mol. The molecule has 0 saturated carbocycles. The highest BCUT2D eigenvalue weighted by molar-refractivity contribution is 7.87. The third kappa shape index (κ3) is 5.05. The Hall–Kier alpha value is -3.94. The highest BCUT2D eigenvalue weighted by Gasteiger charge is 2.61. The molecule has 0 fully saturated rings. The topological polar surface area (TPSA) is 285 Å². The van der Waals surface area contributed by atoms with Gasteiger partial charge in [0.25, 0.3) is 20.2 Å². The van der Waals surface area contributed by atoms with Gasteiger partial charge in [-0.15, -0.1) is 0 Å². The van der Waals surface area contributed by atoms with Gasteiger partial charge in [0.15, 0.2) is 9.49 Å². The summed E-state index contributed by atoms with van der Waals surface area (Å²) >= 11 is 27.3. The van der Waals surface area contributed by atoms with Crippen molar-refractivity contribution in [1.82, 2.24) is 0 Å². The van der Waals surface area contributed by atoms with E-state index in [1.165, 1.54) is 72.8 Å². The Labute approximate surface area is 316 Å². The summed E-state index contributed by atoms with van der Waals surface area (Å²) < 4.78 is 70.8. The number of nitrogens with two attached hydrogens (primary N) is 4. The maximum Gasteiger partial charge on any atom is 0.281 e. The Morgan fingerprint density at radius 2 is 0.885 bits per heavy atom. The normalized spacial score (nSPS) is 24.9. The molecule has 0 saturated heterocycles. The van der Waals surface area contributed by atoms with E-state index in [2.05, 4.69) is 10.2 Å². The standard InChI is InChI=1S/C32H26Cl4N8O6S2/c33-19-9-13(10-20(34)23(19)31(51(45,46)47)17-7-3-1-5-15(17)25(37)27(43-41)29(31)39)14-11-21(35)24(22(36)12-14)32(52(48,49)50)18-8-4-2-6-16(18)26(38)28(44-42)30(32)40/h1-12,29-30,37-38H,39-42H2,(H,45,46,47)(H,48,49,50). The molecule has 0 aromatic heterocycles. The maximum absolute atomic E-state index is 13.5. The second kappa shape index (κ2) is 12.9. The number of benzene rings is 4. The van der Waals surface area contributed by atoms with E-state index in [1.54, 1.807) is 0 Å². The second-order valence-electron chi connectivity index (χ2n) is 11.9. The molecule has 4 aromatic carbocycles. The van der Waals surface area contributed by atoms with Crippen molar-refractivity contribution in [3.63, 3.8) is 0 Å². The van der Waals surface area contributed by atoms with Crippen molar-refractivity contribution < 1.29 is 25.9 Å². The Morgan fingerprint density at radius 3 is 1.15 bits per heavy atom. The summed E-state index contributed by atoms with van der Waals surface area (Å²) in [6.07, 6.45) is 0. The highest BCUT2D eigenvalue weighted by Crippen LogP contribution is 2.53. The molecule has 2 aliphatic carbocycles. The van der Waals surface area contributed by atoms with E-state index in [0.717, 1.165) is 0 Å². The third-order valence-corrected chi connectivity index (χ3v) is 13.6. The number of hydrogen-bond donors (Lipinski definition) is 8. The summed E-state index contributed by atoms with van der Waals surface area (Å²) in [5.41, 5.74) is 11.2. The Kier molecular flexibility index (Phi) is 9.36. The predicted octanol–water partition coefficient (Wildman–Crippen LogP) is 4.28. The van der Waals surface area contributed by atoms with Crippen LogP contribution < -0.4 is 23.2 Å². The van der Waals surface area contributed by atoms with E-state index in [-0.39, 0.29) is 87.4 Å². The van der Waals surface area contributed by atoms with Crippen LogP contribution in [0.4, 0.5) is 0 Å². The lowest BCUT2D eigenvalue weighted by atomic mass is 9.72. The summed E-state index contributed by atoms with van der Waals surface area (Å²) in [6.45, 7) is 0. The van der Waals surface area contributed by atoms with Gasteiger partial charge in [-0.2, -0.15) is 27.0 Å². The first kappa shape index (κ1) is 37.8. The van der Waals surface area contributed by atoms with Crippen LogP contribution >= 0.6 is 46.4 Å². The summed E-state index contributed by atoms with van der Waals surface area (Å²) in [5.74, 6) is 11.1. The number of halogens is 4. The van der Waals surface area contributed by atoms with Crippen molar-refractivity contribution in [1.29, 1.82) is 10.8 Å². The van der Waals surface area contributed by atoms with E-state index in [1.807, 2.05) is 0 Å². The Morgan fingerprint density at radius 1 is 0.596 bits per heavy atom. The van der Waals surface area contributed by atoms with Gasteiger partial charge < -0.3 is 23.2 Å². The molecule has 4 aromatic rings. The van der Waals surface area contributed by atoms with Gasteiger partial charge in [-0.05, 0) is 46.5 Å². The van der Waals surface area contributed by atoms with Crippen molar-refractivity contribution in [3.05, 3.63) is 126 Å². The van der Waals surface area contributed by atoms with Gasteiger partial charge in [0.2, 0.25) is 0 Å². The van der Waals surface area contributed by atoms with Crippen molar-refractivity contribution in [3.8, 4) is 11.1 Å². The van der Waals surface area contributed by atoms with Crippen LogP contribution in [0.5, 0.6) is 0 Å². The zero-order chi connectivity index (χ0) is 38.3. The first-order chi connectivity index (χ1) is 24.3. The number of hydrazone groups is 2. The number of hydrogen-bond acceptors (Lipinski definition) is 12. The van der Waals surface area contributed by atoms with Crippen LogP contribution in [-0.2, 0) is 29.7 Å². The van der Waals surface area contributed by atoms with Gasteiger partial charge in [0.1, 0.15) is 11.4 Å². The molecule has 6 rings (SSSR count). The lowest BCUT2D eigenvalue weighted by molar-refractivity contribution is 0.434. The molecule has 52 heavy (non-hydrogen) atoms. The van der Waals surface area contributed by atoms with Crippen LogP contribution in [0.1, 0.15) is 33.4 Å². The van der Waals surface area contributed by atoms with Crippen molar-refractivity contribution in [2.45, 2.75) is 21.6 Å². The SMILES string of the molecule is N=C1C(=NN)C(N)C(c2c(Cl)cc(-c3cc(Cl)c(C4(S(=O)(=O)O)c5ccccc5C(=N)C(=NN)C4N)c(Cl)c3)cc2Cl)(S(=O)(=O)O)c2ccccc21. The van der Waals surface area contributed by atoms with E-state index in [0.29, 0.717) is 0 Å². The molecule has 0 amide bonds. The summed E-state index contributed by atoms with van der Waals surface area (Å²) in [4.78, 5) is 0. The van der Waals surface area contributed by atoms with Crippen LogP contribution in [0, 0.1) is 10.8 Å². The van der Waals surface area contributed by atoms with Gasteiger partial charge >= 0.3 is 0 Å². The average Bonchev–Trinajstić information content (AvgIpc) is 3.06. The molecule has 0 aliphatic heterocycles. The number of nitrogens with one attached hydrogen (secondary N) is 2. The molecule has 0 radical (unpaired) electrons. The van der Waals surface area contributed by atoms with Gasteiger partial charge in [0.05, 0.1) is 23.5 Å². The molecule has 14 nitrogen and oxygen atoms in total. The Balaban J connectivity index is 1.61. The molecule has 0 spiro atoms. The molecular formula is C32H26Cl4N8O6S2. The zero-order valence-corrected chi connectivity index (χ0v) is 30.8. The van der Waals surface area contributed by atoms with E-state index >= 15 is 0 Å².